The van der Waals surface area contributed by atoms with Crippen LogP contribution in [0.4, 0.5) is 5.69 Å². The van der Waals surface area contributed by atoms with Crippen molar-refractivity contribution in [3.8, 4) is 0 Å². The summed E-state index contributed by atoms with van der Waals surface area (Å²) in [6, 6.07) is 8.80. The number of rotatable bonds is 2. The monoisotopic (exact) mass is 225 g/mol. The Balaban J connectivity index is 2.33. The van der Waals surface area contributed by atoms with Crippen molar-refractivity contribution in [1.82, 2.24) is 16.2 Å². The first kappa shape index (κ1) is 9.62. The first-order chi connectivity index (χ1) is 7.20. The van der Waals surface area contributed by atoms with E-state index in [1.54, 1.807) is 24.3 Å². The topological polar surface area (TPSA) is 73.7 Å². The summed E-state index contributed by atoms with van der Waals surface area (Å²) in [5, 5.41) is 12.2. The lowest BCUT2D eigenvalue weighted by Crippen LogP contribution is -2.47. The van der Waals surface area contributed by atoms with Gasteiger partial charge in [0.1, 0.15) is 0 Å². The molecule has 0 aromatic heterocycles. The third kappa shape index (κ3) is 1.67. The van der Waals surface area contributed by atoms with Gasteiger partial charge >= 0.3 is 0 Å². The van der Waals surface area contributed by atoms with E-state index in [-0.39, 0.29) is 5.11 Å². The highest BCUT2D eigenvalue weighted by molar-refractivity contribution is 7.80. The molecule has 0 unspecified atom stereocenters. The second-order valence-electron chi connectivity index (χ2n) is 2.72. The minimum absolute atomic E-state index is 0.220. The maximum Gasteiger partial charge on any atom is 0.215 e. The van der Waals surface area contributed by atoms with Gasteiger partial charge in [-0.1, -0.05) is 23.7 Å². The van der Waals surface area contributed by atoms with E-state index in [2.05, 4.69) is 11.0 Å². The van der Waals surface area contributed by atoms with Crippen LogP contribution in [0.5, 0.6) is 0 Å². The minimum Gasteiger partial charge on any atom is -0.272 e. The molecule has 1 aliphatic heterocycles. The van der Waals surface area contributed by atoms with Crippen molar-refractivity contribution >= 4 is 23.0 Å². The molecule has 0 atom stereocenters. The van der Waals surface area contributed by atoms with E-state index in [1.165, 1.54) is 5.01 Å². The van der Waals surface area contributed by atoms with Crippen molar-refractivity contribution in [2.24, 2.45) is 0 Å². The average molecular weight is 225 g/mol. The van der Waals surface area contributed by atoms with Crippen LogP contribution in [0.2, 0.25) is 0 Å². The Hall–Kier alpha value is -1.93. The third-order valence-electron chi connectivity index (χ3n) is 1.80. The molecule has 0 bridgehead atoms. The third-order valence-corrected chi connectivity index (χ3v) is 2.08. The number of nitrogens with zero attached hydrogens (tertiary/aromatic N) is 3. The SMILES string of the molecule is O=[N+]([O-])N1NNC(=S)N1c1ccccc1. The van der Waals surface area contributed by atoms with E-state index >= 15 is 0 Å². The van der Waals surface area contributed by atoms with Gasteiger partial charge in [0, 0.05) is 0 Å². The van der Waals surface area contributed by atoms with Gasteiger partial charge in [-0.3, -0.25) is 5.43 Å². The fourth-order valence-corrected chi connectivity index (χ4v) is 1.42. The molecule has 7 nitrogen and oxygen atoms in total. The fraction of sp³-hybridized carbons (Fsp3) is 0. The molecule has 0 radical (unpaired) electrons. The highest BCUT2D eigenvalue weighted by Gasteiger charge is 2.34. The summed E-state index contributed by atoms with van der Waals surface area (Å²) < 4.78 is 0. The van der Waals surface area contributed by atoms with Crippen LogP contribution in [-0.2, 0) is 0 Å². The molecule has 0 saturated carbocycles. The molecule has 78 valence electrons. The molecule has 1 aliphatic rings. The van der Waals surface area contributed by atoms with Crippen LogP contribution < -0.4 is 16.0 Å². The summed E-state index contributed by atoms with van der Waals surface area (Å²) in [6.07, 6.45) is 0. The van der Waals surface area contributed by atoms with Crippen molar-refractivity contribution in [3.05, 3.63) is 40.4 Å². The zero-order valence-electron chi connectivity index (χ0n) is 7.45. The molecule has 1 fully saturated rings. The number of hydrogen-bond donors (Lipinski definition) is 2. The first-order valence-electron chi connectivity index (χ1n) is 4.05. The molecule has 1 aromatic carbocycles. The standard InChI is InChI=1S/C7H7N5O2S/c13-12(14)11-9-8-7(15)10(11)6-4-2-1-3-5-6/h1-5,9H,(H,8,15). The summed E-state index contributed by atoms with van der Waals surface area (Å²) in [5.74, 6) is 0. The zero-order chi connectivity index (χ0) is 10.8. The lowest BCUT2D eigenvalue weighted by Gasteiger charge is -2.17. The maximum absolute atomic E-state index is 10.7. The molecule has 1 aromatic rings. The number of nitro groups is 1. The predicted octanol–water partition coefficient (Wildman–Crippen LogP) is 0.209. The number of hydrazine groups is 4. The Morgan fingerprint density at radius 3 is 2.60 bits per heavy atom. The Labute approximate surface area is 90.3 Å². The zero-order valence-corrected chi connectivity index (χ0v) is 8.27. The number of nitrogens with one attached hydrogen (secondary N) is 2. The van der Waals surface area contributed by atoms with Gasteiger partial charge in [0.25, 0.3) is 0 Å². The van der Waals surface area contributed by atoms with Crippen LogP contribution in [0.15, 0.2) is 30.3 Å². The van der Waals surface area contributed by atoms with Gasteiger partial charge in [-0.05, 0) is 24.4 Å². The largest absolute Gasteiger partial charge is 0.272 e. The quantitative estimate of drug-likeness (QED) is 0.423. The minimum atomic E-state index is -0.612. The fourth-order valence-electron chi connectivity index (χ4n) is 1.20. The molecule has 2 N–H and O–H groups in total. The number of thiocarbonyl (C=S) groups is 1. The van der Waals surface area contributed by atoms with Gasteiger partial charge < -0.3 is 0 Å². The Bertz CT molecular complexity index is 398. The number of anilines is 1. The number of benzene rings is 1. The highest BCUT2D eigenvalue weighted by Crippen LogP contribution is 2.17. The molecule has 2 rings (SSSR count). The van der Waals surface area contributed by atoms with Crippen molar-refractivity contribution in [2.75, 3.05) is 5.01 Å². The smallest absolute Gasteiger partial charge is 0.215 e. The first-order valence-corrected chi connectivity index (χ1v) is 4.46. The van der Waals surface area contributed by atoms with Gasteiger partial charge in [0.2, 0.25) is 10.1 Å². The second-order valence-corrected chi connectivity index (χ2v) is 3.10. The van der Waals surface area contributed by atoms with Gasteiger partial charge in [0.05, 0.1) is 10.9 Å². The predicted molar refractivity (Wildman–Crippen MR) is 56.6 cm³/mol. The molecule has 0 aliphatic carbocycles. The van der Waals surface area contributed by atoms with Crippen LogP contribution >= 0.6 is 12.2 Å². The molecule has 1 heterocycles. The normalized spacial score (nSPS) is 15.3. The van der Waals surface area contributed by atoms with E-state index in [0.717, 1.165) is 0 Å². The molecule has 15 heavy (non-hydrogen) atoms. The van der Waals surface area contributed by atoms with Crippen molar-refractivity contribution in [3.63, 3.8) is 0 Å². The van der Waals surface area contributed by atoms with Gasteiger partial charge in [0.15, 0.2) is 0 Å². The summed E-state index contributed by atoms with van der Waals surface area (Å²) >= 11 is 4.92. The maximum atomic E-state index is 10.7. The van der Waals surface area contributed by atoms with Crippen LogP contribution in [0, 0.1) is 10.1 Å². The molecular weight excluding hydrogens is 218 g/mol. The van der Waals surface area contributed by atoms with Crippen molar-refractivity contribution < 1.29 is 5.03 Å². The number of hydrogen-bond acceptors (Lipinski definition) is 4. The van der Waals surface area contributed by atoms with E-state index in [9.17, 15) is 10.1 Å². The van der Waals surface area contributed by atoms with Crippen molar-refractivity contribution in [1.29, 1.82) is 0 Å². The van der Waals surface area contributed by atoms with E-state index < -0.39 is 5.03 Å². The van der Waals surface area contributed by atoms with Crippen molar-refractivity contribution in [2.45, 2.75) is 0 Å². The van der Waals surface area contributed by atoms with Crippen LogP contribution in [0.3, 0.4) is 0 Å². The van der Waals surface area contributed by atoms with E-state index in [1.807, 2.05) is 6.07 Å². The van der Waals surface area contributed by atoms with Crippen LogP contribution in [-0.4, -0.2) is 15.4 Å². The lowest BCUT2D eigenvalue weighted by atomic mass is 10.3. The van der Waals surface area contributed by atoms with E-state index in [0.29, 0.717) is 10.9 Å². The summed E-state index contributed by atoms with van der Waals surface area (Å²) in [7, 11) is 0. The highest BCUT2D eigenvalue weighted by atomic mass is 32.1. The summed E-state index contributed by atoms with van der Waals surface area (Å²) in [5.41, 5.74) is 5.42. The summed E-state index contributed by atoms with van der Waals surface area (Å²) in [6.45, 7) is 0. The Morgan fingerprint density at radius 2 is 2.00 bits per heavy atom. The van der Waals surface area contributed by atoms with Gasteiger partial charge in [-0.2, -0.15) is 5.01 Å². The lowest BCUT2D eigenvalue weighted by molar-refractivity contribution is -0.668. The average Bonchev–Trinajstić information content (AvgIpc) is 2.61. The molecular formula is C7H7N5O2S. The van der Waals surface area contributed by atoms with E-state index in [4.69, 9.17) is 12.2 Å². The number of para-hydroxylation sites is 1. The van der Waals surface area contributed by atoms with Gasteiger partial charge in [-0.15, -0.1) is 0 Å². The molecule has 0 spiro atoms. The summed E-state index contributed by atoms with van der Waals surface area (Å²) in [4.78, 5) is 10.7. The Kier molecular flexibility index (Phi) is 2.35. The van der Waals surface area contributed by atoms with Gasteiger partial charge in [-0.25, -0.2) is 10.1 Å². The Morgan fingerprint density at radius 1 is 1.33 bits per heavy atom. The molecule has 8 heteroatoms. The second kappa shape index (κ2) is 3.67. The molecule has 1 saturated heterocycles. The molecule has 0 amide bonds. The van der Waals surface area contributed by atoms with Crippen LogP contribution in [0.1, 0.15) is 0 Å². The van der Waals surface area contributed by atoms with Crippen LogP contribution in [0.25, 0.3) is 0 Å².